The molecule has 3 aromatic carbocycles. The second-order valence-corrected chi connectivity index (χ2v) is 8.06. The van der Waals surface area contributed by atoms with Gasteiger partial charge in [0.25, 0.3) is 11.7 Å². The summed E-state index contributed by atoms with van der Waals surface area (Å²) in [4.78, 5) is 27.4. The number of carbonyl (C=O) groups excluding carboxylic acids is 2. The van der Waals surface area contributed by atoms with Crippen molar-refractivity contribution in [2.24, 2.45) is 0 Å². The van der Waals surface area contributed by atoms with Gasteiger partial charge in [-0.2, -0.15) is 13.2 Å². The molecule has 7 nitrogen and oxygen atoms in total. The van der Waals surface area contributed by atoms with Crippen LogP contribution in [0.5, 0.6) is 17.2 Å². The molecule has 1 aliphatic rings. The van der Waals surface area contributed by atoms with Gasteiger partial charge in [-0.1, -0.05) is 12.1 Å². The van der Waals surface area contributed by atoms with E-state index in [0.29, 0.717) is 17.1 Å². The summed E-state index contributed by atoms with van der Waals surface area (Å²) in [6.45, 7) is 0. The molecule has 1 atom stereocenters. The Morgan fingerprint density at radius 2 is 1.54 bits per heavy atom. The lowest BCUT2D eigenvalue weighted by molar-refractivity contribution is -0.137. The third kappa shape index (κ3) is 4.69. The number of Topliss-reactive ketones (excluding diaryl/α,β-unsaturated/α-hetero) is 1. The van der Waals surface area contributed by atoms with Crippen LogP contribution in [0.3, 0.4) is 0 Å². The van der Waals surface area contributed by atoms with E-state index in [1.54, 1.807) is 18.2 Å². The van der Waals surface area contributed by atoms with Crippen molar-refractivity contribution in [3.05, 3.63) is 89.0 Å². The van der Waals surface area contributed by atoms with Crippen molar-refractivity contribution >= 4 is 23.1 Å². The van der Waals surface area contributed by atoms with Crippen molar-refractivity contribution < 1.29 is 42.1 Å². The number of ether oxygens (including phenoxy) is 3. The third-order valence-electron chi connectivity index (χ3n) is 5.98. The summed E-state index contributed by atoms with van der Waals surface area (Å²) in [5.74, 6) is -1.51. The van der Waals surface area contributed by atoms with Crippen molar-refractivity contribution in [1.82, 2.24) is 0 Å². The summed E-state index contributed by atoms with van der Waals surface area (Å²) < 4.78 is 56.1. The summed E-state index contributed by atoms with van der Waals surface area (Å²) >= 11 is 0. The van der Waals surface area contributed by atoms with E-state index in [1.807, 2.05) is 0 Å². The molecule has 192 valence electrons. The number of anilines is 1. The van der Waals surface area contributed by atoms with Crippen LogP contribution in [0.15, 0.2) is 72.3 Å². The highest BCUT2D eigenvalue weighted by molar-refractivity contribution is 6.51. The number of rotatable bonds is 6. The molecular formula is C27H22F3NO6. The van der Waals surface area contributed by atoms with Crippen LogP contribution in [0, 0.1) is 0 Å². The van der Waals surface area contributed by atoms with Gasteiger partial charge < -0.3 is 19.3 Å². The van der Waals surface area contributed by atoms with E-state index in [1.165, 1.54) is 51.7 Å². The van der Waals surface area contributed by atoms with E-state index in [2.05, 4.69) is 0 Å². The molecule has 0 bridgehead atoms. The lowest BCUT2D eigenvalue weighted by atomic mass is 9.94. The monoisotopic (exact) mass is 513 g/mol. The Kier molecular flexibility index (Phi) is 6.84. The van der Waals surface area contributed by atoms with Gasteiger partial charge in [-0.3, -0.25) is 14.5 Å². The number of methoxy groups -OCH3 is 3. The van der Waals surface area contributed by atoms with Gasteiger partial charge in [0.15, 0.2) is 11.5 Å². The van der Waals surface area contributed by atoms with Gasteiger partial charge in [-0.05, 0) is 60.2 Å². The summed E-state index contributed by atoms with van der Waals surface area (Å²) in [6.07, 6.45) is -4.68. The predicted molar refractivity (Wildman–Crippen MR) is 129 cm³/mol. The molecule has 0 aliphatic carbocycles. The molecule has 37 heavy (non-hydrogen) atoms. The maximum Gasteiger partial charge on any atom is 0.416 e. The van der Waals surface area contributed by atoms with Crippen molar-refractivity contribution in [3.63, 3.8) is 0 Å². The van der Waals surface area contributed by atoms with Crippen LogP contribution in [-0.4, -0.2) is 38.1 Å². The molecule has 1 aliphatic heterocycles. The quantitative estimate of drug-likeness (QED) is 0.272. The minimum atomic E-state index is -4.68. The number of alkyl halides is 3. The van der Waals surface area contributed by atoms with Gasteiger partial charge in [0.2, 0.25) is 0 Å². The molecule has 0 radical (unpaired) electrons. The maximum absolute atomic E-state index is 13.5. The average molecular weight is 513 g/mol. The number of halogens is 3. The van der Waals surface area contributed by atoms with Crippen molar-refractivity contribution in [1.29, 1.82) is 0 Å². The first kappa shape index (κ1) is 25.6. The molecule has 1 unspecified atom stereocenters. The summed E-state index contributed by atoms with van der Waals surface area (Å²) in [6, 6.07) is 13.5. The topological polar surface area (TPSA) is 85.3 Å². The summed E-state index contributed by atoms with van der Waals surface area (Å²) in [5, 5.41) is 11.2. The van der Waals surface area contributed by atoms with E-state index >= 15 is 0 Å². The lowest BCUT2D eigenvalue weighted by Crippen LogP contribution is -2.29. The number of aliphatic hydroxyl groups is 1. The maximum atomic E-state index is 13.5. The number of carbonyl (C=O) groups is 2. The summed E-state index contributed by atoms with van der Waals surface area (Å²) in [7, 11) is 4.28. The Bertz CT molecular complexity index is 1380. The number of ketones is 1. The number of benzene rings is 3. The van der Waals surface area contributed by atoms with Crippen molar-refractivity contribution in [2.45, 2.75) is 12.2 Å². The standard InChI is InChI=1S/C27H22F3NO6/c1-35-19-10-7-15(8-11-19)24(32)22-23(16-9-12-20(36-2)21(13-16)37-3)31(26(34)25(22)33)18-6-4-5-17(14-18)27(28,29)30/h4-14,23,32H,1-3H3/b24-22+. The molecule has 1 amide bonds. The second-order valence-electron chi connectivity index (χ2n) is 8.06. The fourth-order valence-electron chi connectivity index (χ4n) is 4.17. The van der Waals surface area contributed by atoms with Gasteiger partial charge in [0.05, 0.1) is 38.5 Å². The molecule has 1 saturated heterocycles. The fraction of sp³-hybridized carbons (Fsp3) is 0.185. The molecule has 0 aromatic heterocycles. The van der Waals surface area contributed by atoms with E-state index in [4.69, 9.17) is 14.2 Å². The number of aliphatic hydroxyl groups excluding tert-OH is 1. The number of nitrogens with zero attached hydrogens (tertiary/aromatic N) is 1. The van der Waals surface area contributed by atoms with Crippen LogP contribution in [-0.2, 0) is 15.8 Å². The second kappa shape index (κ2) is 9.88. The normalized spacial score (nSPS) is 17.1. The predicted octanol–water partition coefficient (Wildman–Crippen LogP) is 5.36. The average Bonchev–Trinajstić information content (AvgIpc) is 3.17. The van der Waals surface area contributed by atoms with Gasteiger partial charge in [-0.15, -0.1) is 0 Å². The van der Waals surface area contributed by atoms with Gasteiger partial charge >= 0.3 is 6.18 Å². The largest absolute Gasteiger partial charge is 0.507 e. The zero-order chi connectivity index (χ0) is 26.9. The first-order chi connectivity index (χ1) is 17.6. The Hall–Kier alpha value is -4.47. The molecule has 10 heteroatoms. The molecule has 1 N–H and O–H groups in total. The highest BCUT2D eigenvalue weighted by Crippen LogP contribution is 2.45. The lowest BCUT2D eigenvalue weighted by Gasteiger charge is -2.26. The van der Waals surface area contributed by atoms with Gasteiger partial charge in [-0.25, -0.2) is 0 Å². The summed E-state index contributed by atoms with van der Waals surface area (Å²) in [5.41, 5.74) is -0.920. The number of amides is 1. The SMILES string of the molecule is COc1ccc(/C(O)=C2\C(=O)C(=O)N(c3cccc(C(F)(F)F)c3)C2c2ccc(OC)c(OC)c2)cc1. The van der Waals surface area contributed by atoms with Crippen LogP contribution >= 0.6 is 0 Å². The zero-order valence-corrected chi connectivity index (χ0v) is 20.0. The minimum absolute atomic E-state index is 0.162. The molecule has 1 fully saturated rings. The minimum Gasteiger partial charge on any atom is -0.507 e. The highest BCUT2D eigenvalue weighted by Gasteiger charge is 2.47. The van der Waals surface area contributed by atoms with Crippen LogP contribution < -0.4 is 19.1 Å². The van der Waals surface area contributed by atoms with Crippen LogP contribution in [0.2, 0.25) is 0 Å². The van der Waals surface area contributed by atoms with Crippen molar-refractivity contribution in [3.8, 4) is 17.2 Å². The van der Waals surface area contributed by atoms with Crippen LogP contribution in [0.25, 0.3) is 5.76 Å². The smallest absolute Gasteiger partial charge is 0.416 e. The zero-order valence-electron chi connectivity index (χ0n) is 20.0. The highest BCUT2D eigenvalue weighted by atomic mass is 19.4. The molecule has 1 heterocycles. The van der Waals surface area contributed by atoms with E-state index in [9.17, 15) is 27.9 Å². The van der Waals surface area contributed by atoms with E-state index in [0.717, 1.165) is 23.1 Å². The Balaban J connectivity index is 1.96. The molecule has 4 rings (SSSR count). The Labute approximate surface area is 210 Å². The number of hydrogen-bond donors (Lipinski definition) is 1. The van der Waals surface area contributed by atoms with E-state index in [-0.39, 0.29) is 22.6 Å². The molecular weight excluding hydrogens is 491 g/mol. The Morgan fingerprint density at radius 3 is 2.14 bits per heavy atom. The number of hydrogen-bond acceptors (Lipinski definition) is 6. The fourth-order valence-corrected chi connectivity index (χ4v) is 4.17. The molecule has 0 saturated carbocycles. The third-order valence-corrected chi connectivity index (χ3v) is 5.98. The van der Waals surface area contributed by atoms with Crippen LogP contribution in [0.4, 0.5) is 18.9 Å². The molecule has 3 aromatic rings. The van der Waals surface area contributed by atoms with Crippen molar-refractivity contribution in [2.75, 3.05) is 26.2 Å². The molecule has 0 spiro atoms. The van der Waals surface area contributed by atoms with Crippen LogP contribution in [0.1, 0.15) is 22.7 Å². The van der Waals surface area contributed by atoms with Gasteiger partial charge in [0, 0.05) is 11.3 Å². The first-order valence-corrected chi connectivity index (χ1v) is 10.9. The van der Waals surface area contributed by atoms with Gasteiger partial charge in [0.1, 0.15) is 11.5 Å². The Morgan fingerprint density at radius 1 is 0.865 bits per heavy atom. The first-order valence-electron chi connectivity index (χ1n) is 10.9. The van der Waals surface area contributed by atoms with E-state index < -0.39 is 35.2 Å².